The zero-order valence-corrected chi connectivity index (χ0v) is 26.7. The molecule has 0 aliphatic heterocycles. The predicted octanol–water partition coefficient (Wildman–Crippen LogP) is 6.29. The first-order valence-electron chi connectivity index (χ1n) is 13.5. The van der Waals surface area contributed by atoms with E-state index >= 15 is 0 Å². The molecule has 1 aromatic heterocycles. The molecule has 0 radical (unpaired) electrons. The lowest BCUT2D eigenvalue weighted by atomic mass is 9.93. The number of ether oxygens (including phenoxy) is 1. The third-order valence-corrected chi connectivity index (χ3v) is 7.30. The van der Waals surface area contributed by atoms with Gasteiger partial charge in [-0.15, -0.1) is 0 Å². The third kappa shape index (κ3) is 13.0. The lowest BCUT2D eigenvalue weighted by molar-refractivity contribution is -0.139. The Bertz CT molecular complexity index is 1350. The van der Waals surface area contributed by atoms with Crippen molar-refractivity contribution in [2.75, 3.05) is 24.0 Å². The molecule has 10 heteroatoms. The minimum absolute atomic E-state index is 0.224. The van der Waals surface area contributed by atoms with Crippen LogP contribution in [0.5, 0.6) is 0 Å². The van der Waals surface area contributed by atoms with Crippen molar-refractivity contribution in [1.82, 2.24) is 5.32 Å². The van der Waals surface area contributed by atoms with Crippen molar-refractivity contribution in [1.29, 1.82) is 0 Å². The molecule has 0 fully saturated rings. The smallest absolute Gasteiger partial charge is 0.326 e. The largest absolute Gasteiger partial charge is 0.480 e. The number of aryl methyl sites for hydroxylation is 2. The Hall–Kier alpha value is -3.08. The number of hydrogen-bond donors (Lipinski definition) is 2. The fraction of sp³-hybridized carbons (Fsp3) is 0.419. The van der Waals surface area contributed by atoms with Gasteiger partial charge in [-0.25, -0.2) is 13.2 Å². The van der Waals surface area contributed by atoms with E-state index in [0.717, 1.165) is 28.7 Å². The normalized spacial score (nSPS) is 11.4. The Balaban J connectivity index is 0.00000129. The van der Waals surface area contributed by atoms with E-state index in [1.165, 1.54) is 5.75 Å². The van der Waals surface area contributed by atoms with Crippen molar-refractivity contribution in [2.45, 2.75) is 60.3 Å². The van der Waals surface area contributed by atoms with Gasteiger partial charge in [0, 0.05) is 11.8 Å². The van der Waals surface area contributed by atoms with Crippen LogP contribution in [-0.2, 0) is 32.6 Å². The van der Waals surface area contributed by atoms with Crippen molar-refractivity contribution in [3.8, 4) is 11.1 Å². The Morgan fingerprint density at radius 3 is 2.22 bits per heavy atom. The molecule has 1 heterocycles. The van der Waals surface area contributed by atoms with Crippen LogP contribution >= 0.6 is 11.8 Å². The van der Waals surface area contributed by atoms with E-state index in [4.69, 9.17) is 9.15 Å². The maximum atomic E-state index is 13.1. The zero-order valence-electron chi connectivity index (χ0n) is 25.0. The molecular weight excluding hydrogens is 562 g/mol. The molecule has 2 aromatic carbocycles. The van der Waals surface area contributed by atoms with Gasteiger partial charge in [-0.05, 0) is 78.8 Å². The van der Waals surface area contributed by atoms with Gasteiger partial charge in [-0.2, -0.15) is 11.8 Å². The van der Waals surface area contributed by atoms with E-state index in [0.29, 0.717) is 17.9 Å². The molecular formula is C31H43NO7S2. The number of sulfone groups is 1. The number of carboxylic acid groups (broad SMARTS) is 1. The molecule has 1 unspecified atom stereocenters. The number of aliphatic carboxylic acids is 1. The number of amides is 1. The molecule has 8 nitrogen and oxygen atoms in total. The van der Waals surface area contributed by atoms with E-state index < -0.39 is 27.8 Å². The molecule has 1 amide bonds. The summed E-state index contributed by atoms with van der Waals surface area (Å²) in [5.41, 5.74) is 3.51. The van der Waals surface area contributed by atoms with Crippen LogP contribution < -0.4 is 5.32 Å². The summed E-state index contributed by atoms with van der Waals surface area (Å²) < 4.78 is 34.3. The van der Waals surface area contributed by atoms with Crippen LogP contribution in [0, 0.1) is 13.8 Å². The fourth-order valence-electron chi connectivity index (χ4n) is 3.63. The van der Waals surface area contributed by atoms with E-state index in [2.05, 4.69) is 18.5 Å². The van der Waals surface area contributed by atoms with Gasteiger partial charge in [0.2, 0.25) is 0 Å². The first kappa shape index (κ1) is 35.9. The van der Waals surface area contributed by atoms with E-state index in [1.54, 1.807) is 12.1 Å². The standard InChI is InChI=1S/C26H29NO7S.C3H8S.C2H6/c1-17-6-4-5-7-21(17)23-14-19(15-33-16-20-10-8-18(2)34-20)9-11-22(23)25(28)27-24(26(29)30)12-13-35(3,31)32;1-3-4-2;1-2/h4-11,14,24H,12-13,15-16H2,1-3H3,(H,27,28)(H,29,30);3H2,1-2H3;1-2H3. The first-order chi connectivity index (χ1) is 19.4. The van der Waals surface area contributed by atoms with Gasteiger partial charge in [0.1, 0.15) is 34.0 Å². The highest BCUT2D eigenvalue weighted by Crippen LogP contribution is 2.29. The number of nitrogens with one attached hydrogen (secondary N) is 1. The monoisotopic (exact) mass is 605 g/mol. The maximum Gasteiger partial charge on any atom is 0.326 e. The van der Waals surface area contributed by atoms with Crippen LogP contribution in [0.3, 0.4) is 0 Å². The topological polar surface area (TPSA) is 123 Å². The van der Waals surface area contributed by atoms with Crippen LogP contribution in [0.15, 0.2) is 59.0 Å². The number of rotatable bonds is 12. The number of carboxylic acids is 1. The quantitative estimate of drug-likeness (QED) is 0.247. The Morgan fingerprint density at radius 2 is 1.68 bits per heavy atom. The fourth-order valence-corrected chi connectivity index (χ4v) is 4.30. The number of thioether (sulfide) groups is 1. The summed E-state index contributed by atoms with van der Waals surface area (Å²) in [6.07, 6.45) is 2.90. The van der Waals surface area contributed by atoms with Gasteiger partial charge < -0.3 is 19.6 Å². The lowest BCUT2D eigenvalue weighted by Crippen LogP contribution is -2.42. The first-order valence-corrected chi connectivity index (χ1v) is 16.9. The van der Waals surface area contributed by atoms with Gasteiger partial charge in [-0.3, -0.25) is 4.79 Å². The second-order valence-electron chi connectivity index (χ2n) is 9.06. The second kappa shape index (κ2) is 18.4. The lowest BCUT2D eigenvalue weighted by Gasteiger charge is -2.17. The molecule has 0 bridgehead atoms. The van der Waals surface area contributed by atoms with Crippen molar-refractivity contribution in [3.05, 3.63) is 82.8 Å². The van der Waals surface area contributed by atoms with Crippen molar-refractivity contribution in [2.24, 2.45) is 0 Å². The SMILES string of the molecule is CC.CCSC.Cc1ccc(COCc2ccc(C(=O)NC(CCS(C)(=O)=O)C(=O)O)c(-c3ccccc3C)c2)o1. The van der Waals surface area contributed by atoms with E-state index in [9.17, 15) is 23.1 Å². The summed E-state index contributed by atoms with van der Waals surface area (Å²) in [6, 6.07) is 15.2. The minimum atomic E-state index is -3.38. The third-order valence-electron chi connectivity index (χ3n) is 5.74. The molecule has 0 aliphatic rings. The average molecular weight is 606 g/mol. The summed E-state index contributed by atoms with van der Waals surface area (Å²) in [6.45, 7) is 10.5. The number of hydrogen-bond acceptors (Lipinski definition) is 7. The van der Waals surface area contributed by atoms with Crippen molar-refractivity contribution >= 4 is 33.5 Å². The number of benzene rings is 2. The number of carbonyl (C=O) groups excluding carboxylic acids is 1. The Morgan fingerprint density at radius 1 is 1.02 bits per heavy atom. The Kier molecular flexibility index (Phi) is 16.1. The van der Waals surface area contributed by atoms with Gasteiger partial charge >= 0.3 is 5.97 Å². The summed E-state index contributed by atoms with van der Waals surface area (Å²) in [7, 11) is -3.38. The summed E-state index contributed by atoms with van der Waals surface area (Å²) in [5.74, 6) is 0.518. The highest BCUT2D eigenvalue weighted by Gasteiger charge is 2.24. The van der Waals surface area contributed by atoms with Crippen molar-refractivity contribution < 1.29 is 32.3 Å². The van der Waals surface area contributed by atoms with Crippen LogP contribution in [0.1, 0.15) is 60.2 Å². The van der Waals surface area contributed by atoms with Crippen LogP contribution in [0.4, 0.5) is 0 Å². The maximum absolute atomic E-state index is 13.1. The number of furan rings is 1. The highest BCUT2D eigenvalue weighted by atomic mass is 32.2. The van der Waals surface area contributed by atoms with Crippen LogP contribution in [0.25, 0.3) is 11.1 Å². The van der Waals surface area contributed by atoms with E-state index in [-0.39, 0.29) is 24.3 Å². The van der Waals surface area contributed by atoms with Crippen molar-refractivity contribution in [3.63, 3.8) is 0 Å². The molecule has 0 spiro atoms. The Labute approximate surface area is 248 Å². The zero-order chi connectivity index (χ0) is 31.0. The van der Waals surface area contributed by atoms with Gasteiger partial charge in [-0.1, -0.05) is 51.1 Å². The van der Waals surface area contributed by atoms with Gasteiger partial charge in [0.15, 0.2) is 0 Å². The number of carbonyl (C=O) groups is 2. The molecule has 41 heavy (non-hydrogen) atoms. The molecule has 0 saturated heterocycles. The summed E-state index contributed by atoms with van der Waals surface area (Å²) in [5, 5.41) is 12.0. The molecule has 226 valence electrons. The van der Waals surface area contributed by atoms with Gasteiger partial charge in [0.25, 0.3) is 5.91 Å². The summed E-state index contributed by atoms with van der Waals surface area (Å²) in [4.78, 5) is 24.8. The molecule has 0 saturated carbocycles. The minimum Gasteiger partial charge on any atom is -0.480 e. The van der Waals surface area contributed by atoms with E-state index in [1.807, 2.05) is 81.9 Å². The molecule has 2 N–H and O–H groups in total. The van der Waals surface area contributed by atoms with Crippen LogP contribution in [0.2, 0.25) is 0 Å². The molecule has 0 aliphatic carbocycles. The average Bonchev–Trinajstić information content (AvgIpc) is 3.36. The molecule has 3 aromatic rings. The summed E-state index contributed by atoms with van der Waals surface area (Å²) >= 11 is 1.86. The van der Waals surface area contributed by atoms with Crippen LogP contribution in [-0.4, -0.2) is 55.5 Å². The molecule has 1 atom stereocenters. The highest BCUT2D eigenvalue weighted by molar-refractivity contribution is 7.98. The van der Waals surface area contributed by atoms with Gasteiger partial charge in [0.05, 0.1) is 12.4 Å². The predicted molar refractivity (Wildman–Crippen MR) is 167 cm³/mol. The molecule has 3 rings (SSSR count). The second-order valence-corrected chi connectivity index (χ2v) is 12.5.